The fourth-order valence-electron chi connectivity index (χ4n) is 12.3. The molecule has 5 saturated carbocycles. The van der Waals surface area contributed by atoms with Crippen molar-refractivity contribution in [2.45, 2.75) is 131 Å². The zero-order valence-corrected chi connectivity index (χ0v) is 26.3. The van der Waals surface area contributed by atoms with Crippen LogP contribution in [0.2, 0.25) is 0 Å². The van der Waals surface area contributed by atoms with Crippen LogP contribution in [0, 0.1) is 56.7 Å². The Kier molecular flexibility index (Phi) is 7.62. The van der Waals surface area contributed by atoms with Gasteiger partial charge in [-0.25, -0.2) is 0 Å². The highest BCUT2D eigenvalue weighted by molar-refractivity contribution is 5.84. The van der Waals surface area contributed by atoms with Crippen LogP contribution in [-0.2, 0) is 9.59 Å². The van der Waals surface area contributed by atoms with Gasteiger partial charge in [0.25, 0.3) is 0 Å². The van der Waals surface area contributed by atoms with Crippen molar-refractivity contribution in [3.05, 3.63) is 12.2 Å². The molecule has 5 fully saturated rings. The van der Waals surface area contributed by atoms with Crippen molar-refractivity contribution in [3.8, 4) is 0 Å². The molecule has 5 heteroatoms. The monoisotopic (exact) mass is 555 g/mol. The number of hydrogen-bond donors (Lipinski definition) is 3. The molecule has 5 aliphatic carbocycles. The number of nitrogens with one attached hydrogen (secondary N) is 1. The number of aliphatic hydroxyl groups is 1. The van der Waals surface area contributed by atoms with E-state index in [-0.39, 0.29) is 45.5 Å². The minimum atomic E-state index is -0.767. The minimum Gasteiger partial charge on any atom is -0.481 e. The molecular formula is C35H57NO4. The molecule has 5 nitrogen and oxygen atoms in total. The van der Waals surface area contributed by atoms with Crippen molar-refractivity contribution in [1.29, 1.82) is 0 Å². The first-order chi connectivity index (χ1) is 18.6. The van der Waals surface area contributed by atoms with Gasteiger partial charge in [0.05, 0.1) is 11.5 Å². The molecule has 3 N–H and O–H groups in total. The number of hydrogen-bond acceptors (Lipinski definition) is 3. The summed E-state index contributed by atoms with van der Waals surface area (Å²) in [7, 11) is 0. The standard InChI is InChI=1S/C35H57NO4/c1-22(2)23-13-18-35(30(40)36-21-9-8-10-28(38)39)20-19-33(6)24(29(23)35)11-12-26-32(5)16-15-27(37)31(3,4)25(32)14-17-34(26,33)7/h23-27,29,37H,1,8-21H2,2-7H3,(H,36,40)(H,38,39)/t23-,24+,25-,26+,27-,29+,32-,33+,34+,35-/m0/s1. The molecule has 0 radical (unpaired) electrons. The quantitative estimate of drug-likeness (QED) is 0.226. The number of carboxylic acid groups (broad SMARTS) is 1. The maximum atomic E-state index is 14.1. The average Bonchev–Trinajstić information content (AvgIpc) is 3.28. The van der Waals surface area contributed by atoms with Gasteiger partial charge in [0.1, 0.15) is 0 Å². The molecule has 0 aromatic carbocycles. The van der Waals surface area contributed by atoms with Crippen molar-refractivity contribution >= 4 is 11.9 Å². The molecule has 5 rings (SSSR count). The zero-order chi connectivity index (χ0) is 29.3. The Bertz CT molecular complexity index is 1040. The molecule has 0 spiro atoms. The lowest BCUT2D eigenvalue weighted by atomic mass is 9.32. The second-order valence-electron chi connectivity index (χ2n) is 16.3. The van der Waals surface area contributed by atoms with Gasteiger partial charge in [0.15, 0.2) is 0 Å². The molecule has 0 aromatic rings. The van der Waals surface area contributed by atoms with Gasteiger partial charge in [0, 0.05) is 13.0 Å². The van der Waals surface area contributed by atoms with Crippen LogP contribution in [0.5, 0.6) is 0 Å². The fraction of sp³-hybridized carbons (Fsp3) is 0.886. The SMILES string of the molecule is C=C(C)[C@@H]1CC[C@]2(C(=O)NCCCCC(=O)O)CC[C@]3(C)[C@H](CC[C@@H]4[C@@]5(C)CC[C@H](O)C(C)(C)[C@@H]5CC[C@]43C)[C@@H]12. The van der Waals surface area contributed by atoms with E-state index in [1.54, 1.807) is 0 Å². The van der Waals surface area contributed by atoms with E-state index >= 15 is 0 Å². The fourth-order valence-corrected chi connectivity index (χ4v) is 12.3. The summed E-state index contributed by atoms with van der Waals surface area (Å²) in [6.45, 7) is 19.7. The maximum Gasteiger partial charge on any atom is 0.303 e. The third-order valence-corrected chi connectivity index (χ3v) is 14.6. The summed E-state index contributed by atoms with van der Waals surface area (Å²) in [6.07, 6.45) is 12.3. The van der Waals surface area contributed by atoms with Crippen LogP contribution >= 0.6 is 0 Å². The summed E-state index contributed by atoms with van der Waals surface area (Å²) in [4.78, 5) is 25.0. The molecule has 226 valence electrons. The van der Waals surface area contributed by atoms with Crippen LogP contribution in [0.3, 0.4) is 0 Å². The molecule has 0 aromatic heterocycles. The number of allylic oxidation sites excluding steroid dienone is 1. The Morgan fingerprint density at radius 2 is 1.57 bits per heavy atom. The van der Waals surface area contributed by atoms with Crippen molar-refractivity contribution in [3.63, 3.8) is 0 Å². The van der Waals surface area contributed by atoms with E-state index in [0.29, 0.717) is 49.0 Å². The number of carboxylic acids is 1. The molecule has 10 atom stereocenters. The molecule has 0 bridgehead atoms. The van der Waals surface area contributed by atoms with Crippen LogP contribution < -0.4 is 5.32 Å². The van der Waals surface area contributed by atoms with Gasteiger partial charge >= 0.3 is 5.97 Å². The number of amides is 1. The number of carbonyl (C=O) groups is 2. The second kappa shape index (κ2) is 10.1. The van der Waals surface area contributed by atoms with Crippen molar-refractivity contribution in [1.82, 2.24) is 5.32 Å². The molecule has 0 saturated heterocycles. The van der Waals surface area contributed by atoms with Gasteiger partial charge in [-0.05, 0) is 135 Å². The van der Waals surface area contributed by atoms with Gasteiger partial charge in [-0.2, -0.15) is 0 Å². The summed E-state index contributed by atoms with van der Waals surface area (Å²) in [5.74, 6) is 1.94. The Hall–Kier alpha value is -1.36. The Morgan fingerprint density at radius 1 is 0.850 bits per heavy atom. The van der Waals surface area contributed by atoms with E-state index in [2.05, 4.69) is 53.4 Å². The molecule has 0 heterocycles. The third-order valence-electron chi connectivity index (χ3n) is 14.6. The normalized spacial score (nSPS) is 47.3. The summed E-state index contributed by atoms with van der Waals surface area (Å²) in [5.41, 5.74) is 1.58. The predicted molar refractivity (Wildman–Crippen MR) is 159 cm³/mol. The summed E-state index contributed by atoms with van der Waals surface area (Å²) in [5, 5.41) is 23.3. The predicted octanol–water partition coefficient (Wildman–Crippen LogP) is 7.38. The molecule has 0 unspecified atom stereocenters. The molecular weight excluding hydrogens is 498 g/mol. The highest BCUT2D eigenvalue weighted by atomic mass is 16.4. The topological polar surface area (TPSA) is 86.6 Å². The number of carbonyl (C=O) groups excluding carboxylic acids is 1. The Labute approximate surface area is 243 Å². The maximum absolute atomic E-state index is 14.1. The van der Waals surface area contributed by atoms with Crippen LogP contribution in [-0.4, -0.2) is 34.7 Å². The first-order valence-corrected chi connectivity index (χ1v) is 16.5. The van der Waals surface area contributed by atoms with Gasteiger partial charge in [0.2, 0.25) is 5.91 Å². The van der Waals surface area contributed by atoms with Crippen molar-refractivity contribution in [2.24, 2.45) is 56.7 Å². The first kappa shape index (κ1) is 30.1. The zero-order valence-electron chi connectivity index (χ0n) is 26.3. The van der Waals surface area contributed by atoms with Gasteiger partial charge in [-0.1, -0.05) is 46.8 Å². The van der Waals surface area contributed by atoms with E-state index in [9.17, 15) is 14.7 Å². The van der Waals surface area contributed by atoms with E-state index in [1.807, 2.05) is 0 Å². The van der Waals surface area contributed by atoms with E-state index < -0.39 is 5.97 Å². The molecule has 40 heavy (non-hydrogen) atoms. The number of fused-ring (bicyclic) bond motifs is 7. The van der Waals surface area contributed by atoms with Gasteiger partial charge in [-0.15, -0.1) is 0 Å². The summed E-state index contributed by atoms with van der Waals surface area (Å²) >= 11 is 0. The lowest BCUT2D eigenvalue weighted by Gasteiger charge is -2.72. The van der Waals surface area contributed by atoms with E-state index in [4.69, 9.17) is 5.11 Å². The van der Waals surface area contributed by atoms with Gasteiger partial charge in [-0.3, -0.25) is 9.59 Å². The van der Waals surface area contributed by atoms with Gasteiger partial charge < -0.3 is 15.5 Å². The highest BCUT2D eigenvalue weighted by Crippen LogP contribution is 2.77. The third kappa shape index (κ3) is 4.17. The number of unbranched alkanes of at least 4 members (excludes halogenated alkanes) is 1. The highest BCUT2D eigenvalue weighted by Gasteiger charge is 2.71. The summed E-state index contributed by atoms with van der Waals surface area (Å²) < 4.78 is 0. The first-order valence-electron chi connectivity index (χ1n) is 16.5. The minimum absolute atomic E-state index is 0.0349. The number of aliphatic hydroxyl groups excluding tert-OH is 1. The van der Waals surface area contributed by atoms with Crippen LogP contribution in [0.25, 0.3) is 0 Å². The van der Waals surface area contributed by atoms with Crippen LogP contribution in [0.4, 0.5) is 0 Å². The number of aliphatic carboxylic acids is 1. The van der Waals surface area contributed by atoms with Crippen molar-refractivity contribution < 1.29 is 19.8 Å². The van der Waals surface area contributed by atoms with Crippen LogP contribution in [0.15, 0.2) is 12.2 Å². The molecule has 1 amide bonds. The van der Waals surface area contributed by atoms with E-state index in [0.717, 1.165) is 38.5 Å². The molecule has 5 aliphatic rings. The number of rotatable bonds is 7. The lowest BCUT2D eigenvalue weighted by Crippen LogP contribution is -2.67. The summed E-state index contributed by atoms with van der Waals surface area (Å²) in [6, 6.07) is 0. The van der Waals surface area contributed by atoms with E-state index in [1.165, 1.54) is 31.3 Å². The molecule has 0 aliphatic heterocycles. The Morgan fingerprint density at radius 3 is 2.25 bits per heavy atom. The largest absolute Gasteiger partial charge is 0.481 e. The smallest absolute Gasteiger partial charge is 0.303 e. The Balaban J connectivity index is 1.44. The van der Waals surface area contributed by atoms with Crippen LogP contribution in [0.1, 0.15) is 125 Å². The lowest BCUT2D eigenvalue weighted by molar-refractivity contribution is -0.246. The second-order valence-corrected chi connectivity index (χ2v) is 16.3. The van der Waals surface area contributed by atoms with Crippen molar-refractivity contribution in [2.75, 3.05) is 6.54 Å². The average molecular weight is 556 g/mol.